The van der Waals surface area contributed by atoms with Crippen LogP contribution in [0.2, 0.25) is 5.28 Å². The number of nitrogens with zero attached hydrogens (tertiary/aromatic N) is 3. The fraction of sp³-hybridized carbons (Fsp3) is 0.0769. The third-order valence-electron chi connectivity index (χ3n) is 2.80. The van der Waals surface area contributed by atoms with Crippen molar-refractivity contribution in [3.63, 3.8) is 0 Å². The van der Waals surface area contributed by atoms with E-state index in [4.69, 9.17) is 16.0 Å². The first-order valence-electron chi connectivity index (χ1n) is 5.88. The number of aromatic nitrogens is 4. The molecular weight excluding hydrogens is 296 g/mol. The van der Waals surface area contributed by atoms with Gasteiger partial charge < -0.3 is 14.1 Å². The van der Waals surface area contributed by atoms with Crippen molar-refractivity contribution in [1.82, 2.24) is 19.9 Å². The van der Waals surface area contributed by atoms with Gasteiger partial charge >= 0.3 is 5.97 Å². The quantitative estimate of drug-likeness (QED) is 0.590. The van der Waals surface area contributed by atoms with Gasteiger partial charge in [-0.05, 0) is 23.7 Å². The minimum absolute atomic E-state index is 0.0856. The number of aromatic amines is 1. The van der Waals surface area contributed by atoms with Gasteiger partial charge in [-0.1, -0.05) is 0 Å². The fourth-order valence-electron chi connectivity index (χ4n) is 1.86. The Kier molecular flexibility index (Phi) is 3.41. The van der Waals surface area contributed by atoms with Crippen LogP contribution in [0.3, 0.4) is 0 Å². The van der Waals surface area contributed by atoms with E-state index < -0.39 is 5.97 Å². The summed E-state index contributed by atoms with van der Waals surface area (Å²) in [6.45, 7) is 0. The van der Waals surface area contributed by atoms with Gasteiger partial charge in [-0.3, -0.25) is 0 Å². The van der Waals surface area contributed by atoms with Crippen LogP contribution in [0.15, 0.2) is 35.3 Å². The summed E-state index contributed by atoms with van der Waals surface area (Å²) in [6, 6.07) is 3.30. The van der Waals surface area contributed by atoms with Crippen molar-refractivity contribution in [2.24, 2.45) is 0 Å². The molecule has 8 heteroatoms. The molecule has 0 aliphatic heterocycles. The lowest BCUT2D eigenvalue weighted by Crippen LogP contribution is -2.01. The molecule has 0 saturated carbocycles. The summed E-state index contributed by atoms with van der Waals surface area (Å²) < 4.78 is 9.91. The lowest BCUT2D eigenvalue weighted by molar-refractivity contribution is 0.0595. The van der Waals surface area contributed by atoms with E-state index in [-0.39, 0.29) is 5.28 Å². The average Bonchev–Trinajstić information content (AvgIpc) is 3.17. The molecule has 1 N–H and O–H groups in total. The second-order valence-corrected chi connectivity index (χ2v) is 4.38. The number of hydrogen-bond donors (Lipinski definition) is 1. The third-order valence-corrected chi connectivity index (χ3v) is 2.99. The number of carbonyl (C=O) groups excluding carboxylic acids is 1. The van der Waals surface area contributed by atoms with Gasteiger partial charge in [0.15, 0.2) is 12.2 Å². The van der Waals surface area contributed by atoms with E-state index in [2.05, 4.69) is 24.7 Å². The molecule has 0 aromatic carbocycles. The minimum atomic E-state index is -0.470. The number of hydrogen-bond acceptors (Lipinski definition) is 6. The van der Waals surface area contributed by atoms with Gasteiger partial charge in [0.25, 0.3) is 0 Å². The van der Waals surface area contributed by atoms with Crippen LogP contribution in [-0.4, -0.2) is 33.0 Å². The van der Waals surface area contributed by atoms with Crippen LogP contribution in [0, 0.1) is 0 Å². The smallest absolute Gasteiger partial charge is 0.354 e. The van der Waals surface area contributed by atoms with E-state index in [0.29, 0.717) is 28.4 Å². The molecule has 7 nitrogen and oxygen atoms in total. The molecule has 0 aliphatic rings. The van der Waals surface area contributed by atoms with Gasteiger partial charge in [0, 0.05) is 6.20 Å². The molecule has 0 fully saturated rings. The fourth-order valence-corrected chi connectivity index (χ4v) is 1.99. The first kappa shape index (κ1) is 13.3. The Morgan fingerprint density at radius 3 is 2.95 bits per heavy atom. The number of rotatable bonds is 3. The van der Waals surface area contributed by atoms with Gasteiger partial charge in [-0.15, -0.1) is 0 Å². The largest absolute Gasteiger partial charge is 0.464 e. The van der Waals surface area contributed by atoms with E-state index in [0.717, 1.165) is 0 Å². The third kappa shape index (κ3) is 2.50. The molecule has 0 bridgehead atoms. The maximum atomic E-state index is 11.5. The van der Waals surface area contributed by atoms with Crippen LogP contribution in [-0.2, 0) is 4.74 Å². The zero-order valence-corrected chi connectivity index (χ0v) is 11.6. The Hall–Kier alpha value is -2.67. The van der Waals surface area contributed by atoms with Crippen molar-refractivity contribution in [3.05, 3.63) is 41.9 Å². The topological polar surface area (TPSA) is 93.9 Å². The molecule has 0 saturated heterocycles. The van der Waals surface area contributed by atoms with Gasteiger partial charge in [0.2, 0.25) is 5.28 Å². The van der Waals surface area contributed by atoms with Crippen LogP contribution in [0.4, 0.5) is 0 Å². The Morgan fingerprint density at radius 2 is 2.24 bits per heavy atom. The molecule has 0 unspecified atom stereocenters. The van der Waals surface area contributed by atoms with Crippen LogP contribution in [0.1, 0.15) is 10.5 Å². The number of oxazole rings is 1. The molecule has 3 heterocycles. The normalized spacial score (nSPS) is 10.6. The molecule has 3 aromatic heterocycles. The molecule has 0 amide bonds. The van der Waals surface area contributed by atoms with Crippen molar-refractivity contribution in [1.29, 1.82) is 0 Å². The predicted octanol–water partition coefficient (Wildman–Crippen LogP) is 2.57. The van der Waals surface area contributed by atoms with Gasteiger partial charge in [0.1, 0.15) is 11.4 Å². The zero-order chi connectivity index (χ0) is 14.8. The minimum Gasteiger partial charge on any atom is -0.464 e. The number of nitrogens with one attached hydrogen (secondary N) is 1. The summed E-state index contributed by atoms with van der Waals surface area (Å²) >= 11 is 5.85. The number of halogens is 1. The van der Waals surface area contributed by atoms with Gasteiger partial charge in [-0.25, -0.2) is 19.7 Å². The second kappa shape index (κ2) is 5.37. The van der Waals surface area contributed by atoms with E-state index in [1.165, 1.54) is 19.7 Å². The van der Waals surface area contributed by atoms with Crippen molar-refractivity contribution in [2.45, 2.75) is 0 Å². The van der Waals surface area contributed by atoms with Crippen molar-refractivity contribution < 1.29 is 13.9 Å². The van der Waals surface area contributed by atoms with Crippen molar-refractivity contribution in [3.8, 4) is 22.7 Å². The second-order valence-electron chi connectivity index (χ2n) is 4.04. The predicted molar refractivity (Wildman–Crippen MR) is 73.7 cm³/mol. The SMILES string of the molecule is COC(=O)c1ccc(-c2nc(Cl)ncc2-c2cnco2)[nH]1. The summed E-state index contributed by atoms with van der Waals surface area (Å²) in [5.41, 5.74) is 2.01. The van der Waals surface area contributed by atoms with Crippen LogP contribution >= 0.6 is 11.6 Å². The molecular formula is C13H9ClN4O3. The Bertz CT molecular complexity index is 783. The maximum absolute atomic E-state index is 11.5. The van der Waals surface area contributed by atoms with Gasteiger partial charge in [-0.2, -0.15) is 0 Å². The Balaban J connectivity index is 2.11. The standard InChI is InChI=1S/C13H9ClN4O3/c1-20-12(19)9-3-2-8(17-9)11-7(4-16-13(14)18-11)10-5-15-6-21-10/h2-6,17H,1H3. The van der Waals surface area contributed by atoms with Crippen LogP contribution in [0.5, 0.6) is 0 Å². The van der Waals surface area contributed by atoms with E-state index >= 15 is 0 Å². The van der Waals surface area contributed by atoms with Crippen LogP contribution in [0.25, 0.3) is 22.7 Å². The number of carbonyl (C=O) groups is 1. The molecule has 3 rings (SSSR count). The number of H-pyrrole nitrogens is 1. The summed E-state index contributed by atoms with van der Waals surface area (Å²) in [4.78, 5) is 26.4. The summed E-state index contributed by atoms with van der Waals surface area (Å²) in [7, 11) is 1.31. The van der Waals surface area contributed by atoms with E-state index in [1.807, 2.05) is 0 Å². The highest BCUT2D eigenvalue weighted by Gasteiger charge is 2.16. The highest BCUT2D eigenvalue weighted by atomic mass is 35.5. The highest BCUT2D eigenvalue weighted by Crippen LogP contribution is 2.30. The van der Waals surface area contributed by atoms with E-state index in [9.17, 15) is 4.79 Å². The summed E-state index contributed by atoms with van der Waals surface area (Å²) in [5.74, 6) is 0.0264. The molecule has 3 aromatic rings. The summed E-state index contributed by atoms with van der Waals surface area (Å²) in [5, 5.41) is 0.0856. The highest BCUT2D eigenvalue weighted by molar-refractivity contribution is 6.28. The molecule has 106 valence electrons. The Labute approximate surface area is 124 Å². The lowest BCUT2D eigenvalue weighted by Gasteiger charge is -2.04. The first-order chi connectivity index (χ1) is 10.2. The maximum Gasteiger partial charge on any atom is 0.354 e. The Morgan fingerprint density at radius 1 is 1.38 bits per heavy atom. The average molecular weight is 305 g/mol. The molecule has 0 aliphatic carbocycles. The van der Waals surface area contributed by atoms with E-state index in [1.54, 1.807) is 18.3 Å². The molecule has 0 radical (unpaired) electrons. The van der Waals surface area contributed by atoms with Crippen molar-refractivity contribution in [2.75, 3.05) is 7.11 Å². The summed E-state index contributed by atoms with van der Waals surface area (Å²) in [6.07, 6.45) is 4.38. The molecule has 21 heavy (non-hydrogen) atoms. The lowest BCUT2D eigenvalue weighted by atomic mass is 10.1. The van der Waals surface area contributed by atoms with Crippen molar-refractivity contribution >= 4 is 17.6 Å². The van der Waals surface area contributed by atoms with Gasteiger partial charge in [0.05, 0.1) is 24.6 Å². The monoisotopic (exact) mass is 304 g/mol. The first-order valence-corrected chi connectivity index (χ1v) is 6.26. The number of ether oxygens (including phenoxy) is 1. The molecule has 0 atom stereocenters. The zero-order valence-electron chi connectivity index (χ0n) is 10.8. The number of methoxy groups -OCH3 is 1. The number of esters is 1. The van der Waals surface area contributed by atoms with Crippen LogP contribution < -0.4 is 0 Å². The molecule has 0 spiro atoms.